The predicted molar refractivity (Wildman–Crippen MR) is 83.9 cm³/mol. The van der Waals surface area contributed by atoms with Gasteiger partial charge < -0.3 is 9.73 Å². The van der Waals surface area contributed by atoms with Gasteiger partial charge in [-0.15, -0.1) is 0 Å². The Balaban J connectivity index is 1.34. The molecule has 2 nitrogen and oxygen atoms in total. The normalized spacial score (nSPS) is 37.4. The van der Waals surface area contributed by atoms with Crippen LogP contribution in [0.1, 0.15) is 37.7 Å². The summed E-state index contributed by atoms with van der Waals surface area (Å²) in [7, 11) is 0. The van der Waals surface area contributed by atoms with Gasteiger partial charge in [0.25, 0.3) is 0 Å². The van der Waals surface area contributed by atoms with Gasteiger partial charge in [0.1, 0.15) is 5.58 Å². The summed E-state index contributed by atoms with van der Waals surface area (Å²) in [6.45, 7) is 0.962. The van der Waals surface area contributed by atoms with E-state index in [-0.39, 0.29) is 0 Å². The average molecular weight is 281 g/mol. The van der Waals surface area contributed by atoms with Crippen molar-refractivity contribution in [3.63, 3.8) is 0 Å². The van der Waals surface area contributed by atoms with E-state index >= 15 is 0 Å². The maximum atomic E-state index is 5.67. The van der Waals surface area contributed by atoms with Gasteiger partial charge in [0.05, 0.1) is 6.26 Å². The third kappa shape index (κ3) is 1.96. The van der Waals surface area contributed by atoms with Crippen molar-refractivity contribution in [3.8, 4) is 0 Å². The summed E-state index contributed by atoms with van der Waals surface area (Å²) in [6.07, 6.45) is 9.40. The highest BCUT2D eigenvalue weighted by molar-refractivity contribution is 5.80. The number of hydrogen-bond donors (Lipinski definition) is 1. The van der Waals surface area contributed by atoms with Crippen LogP contribution in [-0.2, 0) is 6.54 Å². The summed E-state index contributed by atoms with van der Waals surface area (Å²) in [4.78, 5) is 0. The number of para-hydroxylation sites is 1. The average Bonchev–Trinajstić information content (AvgIpc) is 2.89. The van der Waals surface area contributed by atoms with Gasteiger partial charge >= 0.3 is 0 Å². The van der Waals surface area contributed by atoms with Gasteiger partial charge in [-0.3, -0.25) is 0 Å². The Hall–Kier alpha value is -1.28. The van der Waals surface area contributed by atoms with Crippen LogP contribution in [0.2, 0.25) is 0 Å². The van der Waals surface area contributed by atoms with E-state index in [1.165, 1.54) is 43.1 Å². The summed E-state index contributed by atoms with van der Waals surface area (Å²) in [6, 6.07) is 9.13. The lowest BCUT2D eigenvalue weighted by Gasteiger charge is -2.54. The third-order valence-electron chi connectivity index (χ3n) is 6.32. The van der Waals surface area contributed by atoms with Crippen molar-refractivity contribution in [1.29, 1.82) is 0 Å². The van der Waals surface area contributed by atoms with Crippen molar-refractivity contribution in [2.75, 3.05) is 0 Å². The largest absolute Gasteiger partial charge is 0.464 e. The van der Waals surface area contributed by atoms with Crippen molar-refractivity contribution in [1.82, 2.24) is 5.32 Å². The second-order valence-corrected chi connectivity index (χ2v) is 7.59. The van der Waals surface area contributed by atoms with Crippen molar-refractivity contribution >= 4 is 11.0 Å². The smallest absolute Gasteiger partial charge is 0.134 e. The zero-order chi connectivity index (χ0) is 13.8. The molecule has 0 radical (unpaired) electrons. The van der Waals surface area contributed by atoms with E-state index in [0.717, 1.165) is 41.8 Å². The van der Waals surface area contributed by atoms with Crippen LogP contribution < -0.4 is 5.32 Å². The Kier molecular flexibility index (Phi) is 2.69. The lowest BCUT2D eigenvalue weighted by molar-refractivity contribution is -0.0142. The highest BCUT2D eigenvalue weighted by atomic mass is 16.3. The first-order valence-electron chi connectivity index (χ1n) is 8.55. The predicted octanol–water partition coefficient (Wildman–Crippen LogP) is 4.35. The standard InChI is InChI=1S/C19H23NO/c1-2-4-18-17(3-1)16(11-21-18)10-20-19-14-6-12-5-13(8-14)9-15(19)7-12/h1-4,11-15,19-20H,5-10H2. The summed E-state index contributed by atoms with van der Waals surface area (Å²) in [5, 5.41) is 5.17. The molecule has 110 valence electrons. The molecule has 1 N–H and O–H groups in total. The van der Waals surface area contributed by atoms with Crippen molar-refractivity contribution in [2.24, 2.45) is 23.7 Å². The molecule has 4 bridgehead atoms. The first kappa shape index (κ1) is 12.3. The Bertz CT molecular complexity index is 630. The van der Waals surface area contributed by atoms with Crippen LogP contribution in [0.5, 0.6) is 0 Å². The number of fused-ring (bicyclic) bond motifs is 1. The minimum Gasteiger partial charge on any atom is -0.464 e. The topological polar surface area (TPSA) is 25.2 Å². The molecule has 4 aliphatic rings. The fourth-order valence-corrected chi connectivity index (χ4v) is 5.66. The second-order valence-electron chi connectivity index (χ2n) is 7.59. The molecule has 2 heteroatoms. The molecular weight excluding hydrogens is 258 g/mol. The molecule has 1 aromatic carbocycles. The molecule has 0 unspecified atom stereocenters. The Morgan fingerprint density at radius 1 is 0.952 bits per heavy atom. The van der Waals surface area contributed by atoms with Gasteiger partial charge in [-0.25, -0.2) is 0 Å². The SMILES string of the molecule is c1ccc2c(CNC3C4CC5CC(C4)CC3C5)coc2c1. The Labute approximate surface area is 125 Å². The molecule has 1 heterocycles. The van der Waals surface area contributed by atoms with E-state index in [9.17, 15) is 0 Å². The fraction of sp³-hybridized carbons (Fsp3) is 0.579. The van der Waals surface area contributed by atoms with E-state index in [1.807, 2.05) is 12.3 Å². The maximum Gasteiger partial charge on any atom is 0.134 e. The van der Waals surface area contributed by atoms with Gasteiger partial charge in [0, 0.05) is 23.5 Å². The Morgan fingerprint density at radius 3 is 2.43 bits per heavy atom. The van der Waals surface area contributed by atoms with Crippen molar-refractivity contribution < 1.29 is 4.42 Å². The van der Waals surface area contributed by atoms with Crippen LogP contribution >= 0.6 is 0 Å². The van der Waals surface area contributed by atoms with Gasteiger partial charge in [0.2, 0.25) is 0 Å². The molecule has 4 fully saturated rings. The van der Waals surface area contributed by atoms with Crippen LogP contribution in [0.3, 0.4) is 0 Å². The number of benzene rings is 1. The molecule has 6 rings (SSSR count). The molecule has 4 saturated carbocycles. The minimum absolute atomic E-state index is 0.756. The van der Waals surface area contributed by atoms with E-state index in [2.05, 4.69) is 23.5 Å². The molecule has 2 aromatic rings. The summed E-state index contributed by atoms with van der Waals surface area (Å²) in [5.41, 5.74) is 2.33. The number of furan rings is 1. The first-order valence-corrected chi connectivity index (χ1v) is 8.55. The molecule has 0 atom stereocenters. The second kappa shape index (κ2) is 4.61. The number of rotatable bonds is 3. The van der Waals surface area contributed by atoms with Crippen molar-refractivity contribution in [3.05, 3.63) is 36.1 Å². The van der Waals surface area contributed by atoms with Crippen LogP contribution in [0, 0.1) is 23.7 Å². The van der Waals surface area contributed by atoms with Gasteiger partial charge in [-0.2, -0.15) is 0 Å². The van der Waals surface area contributed by atoms with Crippen LogP contribution in [0.15, 0.2) is 34.9 Å². The summed E-state index contributed by atoms with van der Waals surface area (Å²) in [5.74, 6) is 4.00. The molecule has 21 heavy (non-hydrogen) atoms. The number of hydrogen-bond acceptors (Lipinski definition) is 2. The lowest BCUT2D eigenvalue weighted by atomic mass is 9.54. The van der Waals surface area contributed by atoms with E-state index in [1.54, 1.807) is 0 Å². The Morgan fingerprint density at radius 2 is 1.67 bits per heavy atom. The van der Waals surface area contributed by atoms with Gasteiger partial charge in [-0.05, 0) is 61.8 Å². The molecule has 1 aromatic heterocycles. The highest BCUT2D eigenvalue weighted by Crippen LogP contribution is 2.53. The summed E-state index contributed by atoms with van der Waals surface area (Å²) >= 11 is 0. The molecule has 0 aliphatic heterocycles. The van der Waals surface area contributed by atoms with Crippen LogP contribution in [0.25, 0.3) is 11.0 Å². The summed E-state index contributed by atoms with van der Waals surface area (Å²) < 4.78 is 5.67. The van der Waals surface area contributed by atoms with E-state index in [4.69, 9.17) is 4.42 Å². The quantitative estimate of drug-likeness (QED) is 0.905. The molecular formula is C19H23NO. The van der Waals surface area contributed by atoms with Crippen LogP contribution in [0.4, 0.5) is 0 Å². The molecule has 0 saturated heterocycles. The van der Waals surface area contributed by atoms with Crippen molar-refractivity contribution in [2.45, 2.75) is 44.7 Å². The number of nitrogens with one attached hydrogen (secondary N) is 1. The van der Waals surface area contributed by atoms with Gasteiger partial charge in [0.15, 0.2) is 0 Å². The zero-order valence-corrected chi connectivity index (χ0v) is 12.4. The molecule has 0 amide bonds. The lowest BCUT2D eigenvalue weighted by Crippen LogP contribution is -2.54. The van der Waals surface area contributed by atoms with Crippen LogP contribution in [-0.4, -0.2) is 6.04 Å². The highest BCUT2D eigenvalue weighted by Gasteiger charge is 2.47. The first-order chi connectivity index (χ1) is 10.4. The minimum atomic E-state index is 0.756. The van der Waals surface area contributed by atoms with E-state index in [0.29, 0.717) is 0 Å². The maximum absolute atomic E-state index is 5.67. The van der Waals surface area contributed by atoms with Gasteiger partial charge in [-0.1, -0.05) is 18.2 Å². The van der Waals surface area contributed by atoms with E-state index < -0.39 is 0 Å². The monoisotopic (exact) mass is 281 g/mol. The fourth-order valence-electron chi connectivity index (χ4n) is 5.66. The molecule has 0 spiro atoms. The molecule has 4 aliphatic carbocycles. The zero-order valence-electron chi connectivity index (χ0n) is 12.4. The third-order valence-corrected chi connectivity index (χ3v) is 6.32.